The summed E-state index contributed by atoms with van der Waals surface area (Å²) in [6.45, 7) is 1.80. The molecule has 0 radical (unpaired) electrons. The molecule has 2 aromatic carbocycles. The van der Waals surface area contributed by atoms with Gasteiger partial charge in [-0.25, -0.2) is 0 Å². The number of rotatable bonds is 4. The second-order valence-electron chi connectivity index (χ2n) is 5.59. The SMILES string of the molecule is COC(=O)Cn1c(=NC(=O)c2ccccc2C)sc2cccc(OC)c21. The van der Waals surface area contributed by atoms with Crippen molar-refractivity contribution < 1.29 is 19.1 Å². The molecule has 7 heteroatoms. The molecule has 134 valence electrons. The number of esters is 1. The van der Waals surface area contributed by atoms with Crippen LogP contribution in [0.5, 0.6) is 5.75 Å². The molecule has 0 aliphatic carbocycles. The fraction of sp³-hybridized carbons (Fsp3) is 0.211. The normalized spacial score (nSPS) is 11.6. The van der Waals surface area contributed by atoms with Crippen molar-refractivity contribution in [2.24, 2.45) is 4.99 Å². The van der Waals surface area contributed by atoms with Gasteiger partial charge in [0.25, 0.3) is 5.91 Å². The molecule has 6 nitrogen and oxygen atoms in total. The summed E-state index contributed by atoms with van der Waals surface area (Å²) in [5, 5.41) is 0. The van der Waals surface area contributed by atoms with Crippen LogP contribution in [-0.4, -0.2) is 30.7 Å². The van der Waals surface area contributed by atoms with Crippen molar-refractivity contribution in [3.63, 3.8) is 0 Å². The van der Waals surface area contributed by atoms with Crippen molar-refractivity contribution in [2.75, 3.05) is 14.2 Å². The average Bonchev–Trinajstić information content (AvgIpc) is 2.99. The molecule has 0 unspecified atom stereocenters. The molecule has 0 N–H and O–H groups in total. The molecular formula is C19H18N2O4S. The van der Waals surface area contributed by atoms with Gasteiger partial charge < -0.3 is 14.0 Å². The molecule has 0 saturated heterocycles. The predicted octanol–water partition coefficient (Wildman–Crippen LogP) is 2.93. The van der Waals surface area contributed by atoms with Crippen LogP contribution in [0.15, 0.2) is 47.5 Å². The molecule has 1 aromatic heterocycles. The van der Waals surface area contributed by atoms with Crippen molar-refractivity contribution in [1.82, 2.24) is 4.57 Å². The molecule has 3 aromatic rings. The standard InChI is InChI=1S/C19H18N2O4S/c1-12-7-4-5-8-13(12)18(23)20-19-21(11-16(22)25-3)17-14(24-2)9-6-10-15(17)26-19/h4-10H,11H2,1-3H3. The predicted molar refractivity (Wildman–Crippen MR) is 99.5 cm³/mol. The van der Waals surface area contributed by atoms with Gasteiger partial charge in [-0.15, -0.1) is 0 Å². The number of aromatic nitrogens is 1. The second kappa shape index (κ2) is 7.53. The Balaban J connectivity index is 2.21. The number of amides is 1. The largest absolute Gasteiger partial charge is 0.495 e. The number of nitrogens with zero attached hydrogens (tertiary/aromatic N) is 2. The minimum atomic E-state index is -0.430. The molecule has 0 spiro atoms. The van der Waals surface area contributed by atoms with Crippen molar-refractivity contribution in [1.29, 1.82) is 0 Å². The van der Waals surface area contributed by atoms with Gasteiger partial charge in [-0.1, -0.05) is 35.6 Å². The third-order valence-corrected chi connectivity index (χ3v) is 5.02. The van der Waals surface area contributed by atoms with Crippen LogP contribution in [0.3, 0.4) is 0 Å². The van der Waals surface area contributed by atoms with Gasteiger partial charge in [0.2, 0.25) is 0 Å². The summed E-state index contributed by atoms with van der Waals surface area (Å²) in [5.74, 6) is -0.180. The molecular weight excluding hydrogens is 352 g/mol. The molecule has 1 amide bonds. The van der Waals surface area contributed by atoms with Crippen LogP contribution >= 0.6 is 11.3 Å². The molecule has 0 saturated carbocycles. The summed E-state index contributed by atoms with van der Waals surface area (Å²) in [6, 6.07) is 12.8. The van der Waals surface area contributed by atoms with E-state index in [9.17, 15) is 9.59 Å². The summed E-state index contributed by atoms with van der Waals surface area (Å²) in [6.07, 6.45) is 0. The highest BCUT2D eigenvalue weighted by Gasteiger charge is 2.16. The van der Waals surface area contributed by atoms with E-state index in [-0.39, 0.29) is 12.5 Å². The lowest BCUT2D eigenvalue weighted by Gasteiger charge is -2.07. The number of para-hydroxylation sites is 1. The van der Waals surface area contributed by atoms with Crippen molar-refractivity contribution in [3.05, 3.63) is 58.4 Å². The summed E-state index contributed by atoms with van der Waals surface area (Å²) in [7, 11) is 2.88. The lowest BCUT2D eigenvalue weighted by molar-refractivity contribution is -0.141. The number of ether oxygens (including phenoxy) is 2. The van der Waals surface area contributed by atoms with Gasteiger partial charge in [0, 0.05) is 5.56 Å². The third kappa shape index (κ3) is 3.39. The van der Waals surface area contributed by atoms with Crippen LogP contribution in [-0.2, 0) is 16.1 Å². The summed E-state index contributed by atoms with van der Waals surface area (Å²) in [4.78, 5) is 29.2. The van der Waals surface area contributed by atoms with E-state index in [0.29, 0.717) is 21.6 Å². The summed E-state index contributed by atoms with van der Waals surface area (Å²) in [5.41, 5.74) is 2.09. The first-order valence-electron chi connectivity index (χ1n) is 7.93. The van der Waals surface area contributed by atoms with Gasteiger partial charge >= 0.3 is 5.97 Å². The van der Waals surface area contributed by atoms with Gasteiger partial charge in [-0.05, 0) is 30.7 Å². The van der Waals surface area contributed by atoms with Crippen LogP contribution < -0.4 is 9.54 Å². The number of benzene rings is 2. The summed E-state index contributed by atoms with van der Waals surface area (Å²) < 4.78 is 12.7. The van der Waals surface area contributed by atoms with E-state index in [2.05, 4.69) is 4.99 Å². The van der Waals surface area contributed by atoms with Crippen LogP contribution in [0, 0.1) is 6.92 Å². The van der Waals surface area contributed by atoms with E-state index in [1.54, 1.807) is 29.9 Å². The first-order chi connectivity index (χ1) is 12.5. The Morgan fingerprint density at radius 2 is 1.88 bits per heavy atom. The zero-order chi connectivity index (χ0) is 18.7. The third-order valence-electron chi connectivity index (χ3n) is 3.97. The molecule has 26 heavy (non-hydrogen) atoms. The Hall–Kier alpha value is -2.93. The van der Waals surface area contributed by atoms with Gasteiger partial charge in [-0.3, -0.25) is 9.59 Å². The maximum atomic E-state index is 12.7. The summed E-state index contributed by atoms with van der Waals surface area (Å²) >= 11 is 1.32. The van der Waals surface area contributed by atoms with E-state index >= 15 is 0 Å². The number of carbonyl (C=O) groups excluding carboxylic acids is 2. The number of methoxy groups -OCH3 is 2. The number of carbonyl (C=O) groups is 2. The van der Waals surface area contributed by atoms with Crippen molar-refractivity contribution >= 4 is 33.4 Å². The smallest absolute Gasteiger partial charge is 0.325 e. The fourth-order valence-electron chi connectivity index (χ4n) is 2.65. The first-order valence-corrected chi connectivity index (χ1v) is 8.74. The highest BCUT2D eigenvalue weighted by Crippen LogP contribution is 2.27. The Bertz CT molecular complexity index is 1050. The first kappa shape index (κ1) is 17.9. The van der Waals surface area contributed by atoms with Crippen LogP contribution in [0.25, 0.3) is 10.2 Å². The molecule has 0 aliphatic rings. The number of hydrogen-bond donors (Lipinski definition) is 0. The Labute approximate surface area is 154 Å². The molecule has 0 bridgehead atoms. The van der Waals surface area contributed by atoms with Crippen LogP contribution in [0.2, 0.25) is 0 Å². The molecule has 0 aliphatic heterocycles. The second-order valence-corrected chi connectivity index (χ2v) is 6.59. The van der Waals surface area contributed by atoms with E-state index in [0.717, 1.165) is 10.3 Å². The molecule has 1 heterocycles. The van der Waals surface area contributed by atoms with Gasteiger partial charge in [-0.2, -0.15) is 4.99 Å². The van der Waals surface area contributed by atoms with Crippen LogP contribution in [0.1, 0.15) is 15.9 Å². The minimum Gasteiger partial charge on any atom is -0.495 e. The number of aryl methyl sites for hydroxylation is 1. The van der Waals surface area contributed by atoms with Gasteiger partial charge in [0.1, 0.15) is 17.8 Å². The Kier molecular flexibility index (Phi) is 5.18. The monoisotopic (exact) mass is 370 g/mol. The van der Waals surface area contributed by atoms with Crippen molar-refractivity contribution in [2.45, 2.75) is 13.5 Å². The topological polar surface area (TPSA) is 69.9 Å². The number of fused-ring (bicyclic) bond motifs is 1. The average molecular weight is 370 g/mol. The van der Waals surface area contributed by atoms with E-state index in [4.69, 9.17) is 9.47 Å². The maximum absolute atomic E-state index is 12.7. The van der Waals surface area contributed by atoms with E-state index in [1.165, 1.54) is 18.4 Å². The zero-order valence-corrected chi connectivity index (χ0v) is 15.5. The van der Waals surface area contributed by atoms with Crippen LogP contribution in [0.4, 0.5) is 0 Å². The minimum absolute atomic E-state index is 0.0588. The maximum Gasteiger partial charge on any atom is 0.325 e. The van der Waals surface area contributed by atoms with E-state index in [1.807, 2.05) is 31.2 Å². The highest BCUT2D eigenvalue weighted by molar-refractivity contribution is 7.16. The molecule has 3 rings (SSSR count). The quantitative estimate of drug-likeness (QED) is 0.662. The fourth-order valence-corrected chi connectivity index (χ4v) is 3.69. The molecule has 0 fully saturated rings. The Morgan fingerprint density at radius 1 is 1.12 bits per heavy atom. The molecule has 0 atom stereocenters. The highest BCUT2D eigenvalue weighted by atomic mass is 32.1. The van der Waals surface area contributed by atoms with Gasteiger partial charge in [0.15, 0.2) is 4.80 Å². The number of thiazole rings is 1. The lowest BCUT2D eigenvalue weighted by Crippen LogP contribution is -2.22. The number of hydrogen-bond acceptors (Lipinski definition) is 5. The lowest BCUT2D eigenvalue weighted by atomic mass is 10.1. The zero-order valence-electron chi connectivity index (χ0n) is 14.7. The van der Waals surface area contributed by atoms with E-state index < -0.39 is 5.97 Å². The van der Waals surface area contributed by atoms with Gasteiger partial charge in [0.05, 0.1) is 18.9 Å². The Morgan fingerprint density at radius 3 is 2.58 bits per heavy atom. The van der Waals surface area contributed by atoms with Crippen molar-refractivity contribution in [3.8, 4) is 5.75 Å².